The molecule has 0 radical (unpaired) electrons. The van der Waals surface area contributed by atoms with Gasteiger partial charge in [0.25, 0.3) is 5.91 Å². The molecule has 1 atom stereocenters. The van der Waals surface area contributed by atoms with E-state index in [0.29, 0.717) is 11.4 Å². The number of benzene rings is 1. The van der Waals surface area contributed by atoms with Gasteiger partial charge >= 0.3 is 5.97 Å². The second-order valence-electron chi connectivity index (χ2n) is 5.15. The van der Waals surface area contributed by atoms with E-state index in [0.717, 1.165) is 11.0 Å². The van der Waals surface area contributed by atoms with Crippen LogP contribution in [-0.2, 0) is 4.79 Å². The molecule has 0 fully saturated rings. The summed E-state index contributed by atoms with van der Waals surface area (Å²) in [6.45, 7) is 4.86. The summed E-state index contributed by atoms with van der Waals surface area (Å²) < 4.78 is 13.8. The molecule has 0 spiro atoms. The van der Waals surface area contributed by atoms with Gasteiger partial charge in [0.1, 0.15) is 17.4 Å². The molecule has 22 heavy (non-hydrogen) atoms. The summed E-state index contributed by atoms with van der Waals surface area (Å²) in [4.78, 5) is 33.1. The lowest BCUT2D eigenvalue weighted by Gasteiger charge is -2.22. The van der Waals surface area contributed by atoms with E-state index in [4.69, 9.17) is 5.11 Å². The van der Waals surface area contributed by atoms with E-state index < -0.39 is 23.7 Å². The maximum Gasteiger partial charge on any atom is 0.326 e. The zero-order valence-electron chi connectivity index (χ0n) is 12.7. The van der Waals surface area contributed by atoms with E-state index in [1.165, 1.54) is 20.0 Å². The van der Waals surface area contributed by atoms with E-state index in [1.807, 2.05) is 0 Å². The van der Waals surface area contributed by atoms with Crippen LogP contribution in [0.4, 0.5) is 4.39 Å². The van der Waals surface area contributed by atoms with Crippen LogP contribution in [0.15, 0.2) is 12.1 Å². The molecule has 1 aromatic carbocycles. The third-order valence-corrected chi connectivity index (χ3v) is 3.63. The number of aromatic nitrogens is 2. The van der Waals surface area contributed by atoms with Crippen LogP contribution in [0.2, 0.25) is 0 Å². The molecule has 0 saturated carbocycles. The van der Waals surface area contributed by atoms with E-state index in [9.17, 15) is 14.0 Å². The van der Waals surface area contributed by atoms with Crippen LogP contribution >= 0.6 is 0 Å². The van der Waals surface area contributed by atoms with Crippen LogP contribution in [0.1, 0.15) is 28.7 Å². The number of carbonyl (C=O) groups is 2. The Hall–Kier alpha value is -2.57. The number of aryl methyl sites for hydroxylation is 2. The monoisotopic (exact) mass is 305 g/mol. The van der Waals surface area contributed by atoms with Gasteiger partial charge in [-0.15, -0.1) is 0 Å². The molecule has 0 saturated heterocycles. The van der Waals surface area contributed by atoms with Crippen molar-refractivity contribution in [3.8, 4) is 0 Å². The molecule has 2 aromatic rings. The topological polar surface area (TPSA) is 83.4 Å². The SMILES string of the molecule is Cc1nc2cc(F)cc(C(=O)N(C)C(C)C(=O)O)c2nc1C. The highest BCUT2D eigenvalue weighted by atomic mass is 19.1. The quantitative estimate of drug-likeness (QED) is 0.936. The van der Waals surface area contributed by atoms with Crippen molar-refractivity contribution in [1.82, 2.24) is 14.9 Å². The minimum Gasteiger partial charge on any atom is -0.480 e. The van der Waals surface area contributed by atoms with Crippen molar-refractivity contribution < 1.29 is 19.1 Å². The number of halogens is 1. The van der Waals surface area contributed by atoms with E-state index in [-0.39, 0.29) is 16.6 Å². The Balaban J connectivity index is 2.62. The molecule has 7 heteroatoms. The number of likely N-dealkylation sites (N-methyl/N-ethyl adjacent to an activating group) is 1. The molecule has 1 N–H and O–H groups in total. The third kappa shape index (κ3) is 2.74. The highest BCUT2D eigenvalue weighted by Gasteiger charge is 2.25. The molecule has 0 aliphatic rings. The van der Waals surface area contributed by atoms with Gasteiger partial charge in [-0.1, -0.05) is 0 Å². The lowest BCUT2D eigenvalue weighted by Crippen LogP contribution is -2.40. The summed E-state index contributed by atoms with van der Waals surface area (Å²) in [5.41, 5.74) is 1.80. The van der Waals surface area contributed by atoms with Crippen molar-refractivity contribution in [2.45, 2.75) is 26.8 Å². The van der Waals surface area contributed by atoms with Crippen molar-refractivity contribution in [2.75, 3.05) is 7.05 Å². The Morgan fingerprint density at radius 2 is 1.82 bits per heavy atom. The lowest BCUT2D eigenvalue weighted by molar-refractivity contribution is -0.141. The zero-order chi connectivity index (χ0) is 16.6. The van der Waals surface area contributed by atoms with Gasteiger partial charge in [-0.2, -0.15) is 0 Å². The first kappa shape index (κ1) is 15.8. The molecule has 0 bridgehead atoms. The Bertz CT molecular complexity index is 776. The maximum atomic E-state index is 13.8. The van der Waals surface area contributed by atoms with Crippen LogP contribution in [0.5, 0.6) is 0 Å². The average Bonchev–Trinajstić information content (AvgIpc) is 2.45. The van der Waals surface area contributed by atoms with E-state index in [2.05, 4.69) is 9.97 Å². The normalized spacial score (nSPS) is 12.2. The van der Waals surface area contributed by atoms with Gasteiger partial charge in [-0.25, -0.2) is 19.2 Å². The number of carbonyl (C=O) groups excluding carboxylic acids is 1. The lowest BCUT2D eigenvalue weighted by atomic mass is 10.1. The molecular weight excluding hydrogens is 289 g/mol. The fourth-order valence-corrected chi connectivity index (χ4v) is 1.99. The maximum absolute atomic E-state index is 13.8. The highest BCUT2D eigenvalue weighted by molar-refractivity contribution is 6.05. The molecule has 1 amide bonds. The van der Waals surface area contributed by atoms with Crippen LogP contribution < -0.4 is 0 Å². The largest absolute Gasteiger partial charge is 0.480 e. The summed E-state index contributed by atoms with van der Waals surface area (Å²) in [6, 6.07) is 1.22. The summed E-state index contributed by atoms with van der Waals surface area (Å²) in [7, 11) is 1.35. The van der Waals surface area contributed by atoms with Crippen molar-refractivity contribution in [1.29, 1.82) is 0 Å². The molecule has 1 unspecified atom stereocenters. The number of nitrogens with zero attached hydrogens (tertiary/aromatic N) is 3. The minimum absolute atomic E-state index is 0.00111. The first-order valence-corrected chi connectivity index (χ1v) is 6.67. The number of amides is 1. The molecule has 1 aromatic heterocycles. The molecule has 0 aliphatic heterocycles. The van der Waals surface area contributed by atoms with Crippen LogP contribution in [-0.4, -0.2) is 44.9 Å². The minimum atomic E-state index is -1.14. The average molecular weight is 305 g/mol. The van der Waals surface area contributed by atoms with Gasteiger partial charge in [0, 0.05) is 13.1 Å². The summed E-state index contributed by atoms with van der Waals surface area (Å²) >= 11 is 0. The second kappa shape index (κ2) is 5.67. The fraction of sp³-hybridized carbons (Fsp3) is 0.333. The van der Waals surface area contributed by atoms with Gasteiger partial charge in [-0.3, -0.25) is 4.79 Å². The first-order valence-electron chi connectivity index (χ1n) is 6.67. The molecule has 1 heterocycles. The number of carboxylic acid groups (broad SMARTS) is 1. The Kier molecular flexibility index (Phi) is 4.07. The molecule has 2 rings (SSSR count). The fourth-order valence-electron chi connectivity index (χ4n) is 1.99. The molecule has 0 aliphatic carbocycles. The molecule has 6 nitrogen and oxygen atoms in total. The van der Waals surface area contributed by atoms with Crippen molar-refractivity contribution in [3.63, 3.8) is 0 Å². The van der Waals surface area contributed by atoms with Gasteiger partial charge in [-0.05, 0) is 26.8 Å². The smallest absolute Gasteiger partial charge is 0.326 e. The first-order chi connectivity index (χ1) is 10.2. The number of rotatable bonds is 3. The zero-order valence-corrected chi connectivity index (χ0v) is 12.7. The van der Waals surface area contributed by atoms with Gasteiger partial charge in [0.15, 0.2) is 0 Å². The molecule has 116 valence electrons. The Labute approximate surface area is 126 Å². The number of hydrogen-bond donors (Lipinski definition) is 1. The van der Waals surface area contributed by atoms with E-state index in [1.54, 1.807) is 13.8 Å². The van der Waals surface area contributed by atoms with Crippen molar-refractivity contribution in [3.05, 3.63) is 34.9 Å². The summed E-state index contributed by atoms with van der Waals surface area (Å²) in [5.74, 6) is -2.38. The summed E-state index contributed by atoms with van der Waals surface area (Å²) in [5, 5.41) is 9.00. The number of aliphatic carboxylic acids is 1. The van der Waals surface area contributed by atoms with Crippen LogP contribution in [0, 0.1) is 19.7 Å². The number of carboxylic acids is 1. The highest BCUT2D eigenvalue weighted by Crippen LogP contribution is 2.21. The Morgan fingerprint density at radius 3 is 2.41 bits per heavy atom. The third-order valence-electron chi connectivity index (χ3n) is 3.63. The van der Waals surface area contributed by atoms with Crippen LogP contribution in [0.25, 0.3) is 11.0 Å². The predicted molar refractivity (Wildman–Crippen MR) is 78.2 cm³/mol. The van der Waals surface area contributed by atoms with Crippen LogP contribution in [0.3, 0.4) is 0 Å². The van der Waals surface area contributed by atoms with Gasteiger partial charge in [0.2, 0.25) is 0 Å². The van der Waals surface area contributed by atoms with Gasteiger partial charge in [0.05, 0.1) is 22.5 Å². The molecular formula is C15H16FN3O3. The van der Waals surface area contributed by atoms with Crippen molar-refractivity contribution >= 4 is 22.9 Å². The predicted octanol–water partition coefficient (Wildman–Crippen LogP) is 1.93. The van der Waals surface area contributed by atoms with Crippen molar-refractivity contribution in [2.24, 2.45) is 0 Å². The van der Waals surface area contributed by atoms with Gasteiger partial charge < -0.3 is 10.0 Å². The second-order valence-corrected chi connectivity index (χ2v) is 5.15. The number of hydrogen-bond acceptors (Lipinski definition) is 4. The Morgan fingerprint density at radius 1 is 1.23 bits per heavy atom. The standard InChI is InChI=1S/C15H16FN3O3/c1-7-8(2)18-13-11(5-10(16)6-12(13)17-7)14(20)19(4)9(3)15(21)22/h5-6,9H,1-4H3,(H,21,22). The summed E-state index contributed by atoms with van der Waals surface area (Å²) in [6.07, 6.45) is 0. The van der Waals surface area contributed by atoms with E-state index >= 15 is 0 Å². The number of fused-ring (bicyclic) bond motifs is 1.